The van der Waals surface area contributed by atoms with Crippen molar-refractivity contribution in [3.63, 3.8) is 0 Å². The lowest BCUT2D eigenvalue weighted by molar-refractivity contribution is 0.0933. The minimum absolute atomic E-state index is 0.0407. The van der Waals surface area contributed by atoms with Gasteiger partial charge in [-0.05, 0) is 62.1 Å². The van der Waals surface area contributed by atoms with Crippen LogP contribution in [-0.4, -0.2) is 35.2 Å². The second-order valence-corrected chi connectivity index (χ2v) is 6.26. The second kappa shape index (κ2) is 6.95. The van der Waals surface area contributed by atoms with E-state index in [1.54, 1.807) is 32.2 Å². The summed E-state index contributed by atoms with van der Waals surface area (Å²) in [5, 5.41) is 11.1. The van der Waals surface area contributed by atoms with Gasteiger partial charge in [-0.3, -0.25) is 4.79 Å². The third kappa shape index (κ3) is 3.53. The molecule has 1 aliphatic heterocycles. The lowest BCUT2D eigenvalue weighted by atomic mass is 10.0. The van der Waals surface area contributed by atoms with Gasteiger partial charge in [0.15, 0.2) is 5.82 Å². The molecule has 2 aromatic rings. The predicted molar refractivity (Wildman–Crippen MR) is 90.6 cm³/mol. The maximum atomic E-state index is 13.7. The van der Waals surface area contributed by atoms with Gasteiger partial charge in [-0.25, -0.2) is 4.39 Å². The highest BCUT2D eigenvalue weighted by Gasteiger charge is 2.23. The monoisotopic (exact) mass is 328 g/mol. The SMILES string of the molecule is Cc1cc(C(=O)NC2CCCN(c3cccnn3)C2)cc(C)c1F. The number of nitrogens with one attached hydrogen (secondary N) is 1. The Labute approximate surface area is 140 Å². The number of carbonyl (C=O) groups excluding carboxylic acids is 1. The van der Waals surface area contributed by atoms with Crippen molar-refractivity contribution in [2.24, 2.45) is 0 Å². The van der Waals surface area contributed by atoms with Gasteiger partial charge in [0.2, 0.25) is 0 Å². The zero-order valence-corrected chi connectivity index (χ0v) is 13.9. The molecule has 1 fully saturated rings. The first kappa shape index (κ1) is 16.4. The van der Waals surface area contributed by atoms with E-state index in [0.717, 1.165) is 25.2 Å². The van der Waals surface area contributed by atoms with Crippen LogP contribution in [0.4, 0.5) is 10.2 Å². The summed E-state index contributed by atoms with van der Waals surface area (Å²) in [5.74, 6) is 0.412. The minimum atomic E-state index is -0.252. The molecule has 1 aromatic heterocycles. The van der Waals surface area contributed by atoms with E-state index in [9.17, 15) is 9.18 Å². The van der Waals surface area contributed by atoms with Gasteiger partial charge in [0, 0.05) is 30.9 Å². The van der Waals surface area contributed by atoms with E-state index >= 15 is 0 Å². The van der Waals surface area contributed by atoms with E-state index in [0.29, 0.717) is 23.2 Å². The molecule has 1 aromatic carbocycles. The number of nitrogens with zero attached hydrogens (tertiary/aromatic N) is 3. The molecule has 0 saturated carbocycles. The molecule has 1 N–H and O–H groups in total. The molecular formula is C18H21FN4O. The van der Waals surface area contributed by atoms with Crippen molar-refractivity contribution in [1.82, 2.24) is 15.5 Å². The Hall–Kier alpha value is -2.50. The Balaban J connectivity index is 1.68. The summed E-state index contributed by atoms with van der Waals surface area (Å²) in [6.45, 7) is 4.95. The molecule has 1 saturated heterocycles. The zero-order chi connectivity index (χ0) is 17.1. The topological polar surface area (TPSA) is 58.1 Å². The van der Waals surface area contributed by atoms with Crippen LogP contribution in [0.25, 0.3) is 0 Å². The van der Waals surface area contributed by atoms with Gasteiger partial charge < -0.3 is 10.2 Å². The number of amides is 1. The molecule has 0 spiro atoms. The normalized spacial score (nSPS) is 17.6. The average Bonchev–Trinajstić information content (AvgIpc) is 2.60. The van der Waals surface area contributed by atoms with Gasteiger partial charge in [-0.1, -0.05) is 0 Å². The standard InChI is InChI=1S/C18H21FN4O/c1-12-9-14(10-13(2)17(12)19)18(24)21-15-5-4-8-23(11-15)16-6-3-7-20-22-16/h3,6-7,9-10,15H,4-5,8,11H2,1-2H3,(H,21,24). The van der Waals surface area contributed by atoms with Crippen LogP contribution in [0.15, 0.2) is 30.5 Å². The van der Waals surface area contributed by atoms with Crippen molar-refractivity contribution in [2.45, 2.75) is 32.7 Å². The van der Waals surface area contributed by atoms with E-state index in [4.69, 9.17) is 0 Å². The van der Waals surface area contributed by atoms with Gasteiger partial charge >= 0.3 is 0 Å². The van der Waals surface area contributed by atoms with E-state index in [1.807, 2.05) is 12.1 Å². The maximum absolute atomic E-state index is 13.7. The fraction of sp³-hybridized carbons (Fsp3) is 0.389. The molecule has 24 heavy (non-hydrogen) atoms. The summed E-state index contributed by atoms with van der Waals surface area (Å²) in [6, 6.07) is 7.01. The molecular weight excluding hydrogens is 307 g/mol. The Kier molecular flexibility index (Phi) is 4.74. The smallest absolute Gasteiger partial charge is 0.251 e. The van der Waals surface area contributed by atoms with Crippen LogP contribution >= 0.6 is 0 Å². The summed E-state index contributed by atoms with van der Waals surface area (Å²) in [6.07, 6.45) is 3.54. The highest BCUT2D eigenvalue weighted by molar-refractivity contribution is 5.94. The van der Waals surface area contributed by atoms with Gasteiger partial charge in [0.05, 0.1) is 0 Å². The maximum Gasteiger partial charge on any atom is 0.251 e. The van der Waals surface area contributed by atoms with Crippen molar-refractivity contribution in [3.05, 3.63) is 53.0 Å². The number of piperidine rings is 1. The number of aryl methyl sites for hydroxylation is 2. The first-order chi connectivity index (χ1) is 11.5. The quantitative estimate of drug-likeness (QED) is 0.941. The van der Waals surface area contributed by atoms with Crippen LogP contribution in [0.3, 0.4) is 0 Å². The van der Waals surface area contributed by atoms with Crippen LogP contribution in [-0.2, 0) is 0 Å². The minimum Gasteiger partial charge on any atom is -0.353 e. The van der Waals surface area contributed by atoms with Crippen LogP contribution in [0.1, 0.15) is 34.3 Å². The summed E-state index contributed by atoms with van der Waals surface area (Å²) in [7, 11) is 0. The van der Waals surface area contributed by atoms with Crippen LogP contribution < -0.4 is 10.2 Å². The van der Waals surface area contributed by atoms with E-state index < -0.39 is 0 Å². The molecule has 0 bridgehead atoms. The van der Waals surface area contributed by atoms with Crippen molar-refractivity contribution >= 4 is 11.7 Å². The number of hydrogen-bond acceptors (Lipinski definition) is 4. The molecule has 0 radical (unpaired) electrons. The van der Waals surface area contributed by atoms with Gasteiger partial charge in [0.1, 0.15) is 5.82 Å². The molecule has 3 rings (SSSR count). The highest BCUT2D eigenvalue weighted by atomic mass is 19.1. The summed E-state index contributed by atoms with van der Waals surface area (Å²) in [5.41, 5.74) is 1.48. The Morgan fingerprint density at radius 3 is 2.75 bits per heavy atom. The number of hydrogen-bond donors (Lipinski definition) is 1. The molecule has 0 aliphatic carbocycles. The van der Waals surface area contributed by atoms with Crippen LogP contribution in [0, 0.1) is 19.7 Å². The molecule has 1 amide bonds. The van der Waals surface area contributed by atoms with Gasteiger partial charge in [-0.2, -0.15) is 5.10 Å². The number of anilines is 1. The largest absolute Gasteiger partial charge is 0.353 e. The lowest BCUT2D eigenvalue weighted by Gasteiger charge is -2.33. The first-order valence-electron chi connectivity index (χ1n) is 8.15. The number of halogens is 1. The fourth-order valence-corrected chi connectivity index (χ4v) is 3.11. The highest BCUT2D eigenvalue weighted by Crippen LogP contribution is 2.18. The Morgan fingerprint density at radius 2 is 2.08 bits per heavy atom. The predicted octanol–water partition coefficient (Wildman–Crippen LogP) is 2.63. The van der Waals surface area contributed by atoms with Crippen molar-refractivity contribution in [1.29, 1.82) is 0 Å². The number of aromatic nitrogens is 2. The van der Waals surface area contributed by atoms with E-state index in [-0.39, 0.29) is 17.8 Å². The number of carbonyl (C=O) groups is 1. The Morgan fingerprint density at radius 1 is 1.33 bits per heavy atom. The van der Waals surface area contributed by atoms with Crippen LogP contribution in [0.2, 0.25) is 0 Å². The molecule has 6 heteroatoms. The molecule has 5 nitrogen and oxygen atoms in total. The van der Waals surface area contributed by atoms with Gasteiger partial charge in [-0.15, -0.1) is 5.10 Å². The zero-order valence-electron chi connectivity index (χ0n) is 13.9. The van der Waals surface area contributed by atoms with E-state index in [1.165, 1.54) is 0 Å². The number of benzene rings is 1. The molecule has 1 unspecified atom stereocenters. The summed E-state index contributed by atoms with van der Waals surface area (Å²) < 4.78 is 13.7. The van der Waals surface area contributed by atoms with Crippen LogP contribution in [0.5, 0.6) is 0 Å². The lowest BCUT2D eigenvalue weighted by Crippen LogP contribution is -2.48. The molecule has 126 valence electrons. The summed E-state index contributed by atoms with van der Waals surface area (Å²) in [4.78, 5) is 14.6. The fourth-order valence-electron chi connectivity index (χ4n) is 3.11. The molecule has 1 atom stereocenters. The summed E-state index contributed by atoms with van der Waals surface area (Å²) >= 11 is 0. The first-order valence-corrected chi connectivity index (χ1v) is 8.15. The average molecular weight is 328 g/mol. The molecule has 2 heterocycles. The molecule has 1 aliphatic rings. The van der Waals surface area contributed by atoms with Gasteiger partial charge in [0.25, 0.3) is 5.91 Å². The van der Waals surface area contributed by atoms with Crippen molar-refractivity contribution < 1.29 is 9.18 Å². The third-order valence-electron chi connectivity index (χ3n) is 4.34. The number of rotatable bonds is 3. The Bertz CT molecular complexity index is 712. The third-order valence-corrected chi connectivity index (χ3v) is 4.34. The van der Waals surface area contributed by atoms with Crippen molar-refractivity contribution in [2.75, 3.05) is 18.0 Å². The van der Waals surface area contributed by atoms with Crippen molar-refractivity contribution in [3.8, 4) is 0 Å². The second-order valence-electron chi connectivity index (χ2n) is 6.26. The van der Waals surface area contributed by atoms with E-state index in [2.05, 4.69) is 20.4 Å².